The van der Waals surface area contributed by atoms with E-state index < -0.39 is 10.0 Å². The molecule has 1 aromatic rings. The highest BCUT2D eigenvalue weighted by atomic mass is 32.2. The van der Waals surface area contributed by atoms with Gasteiger partial charge in [-0.05, 0) is 0 Å². The van der Waals surface area contributed by atoms with Crippen LogP contribution < -0.4 is 5.73 Å². The smallest absolute Gasteiger partial charge is 0.248 e. The van der Waals surface area contributed by atoms with Crippen LogP contribution in [0.2, 0.25) is 0 Å². The highest BCUT2D eigenvalue weighted by molar-refractivity contribution is 7.89. The molecule has 4 N–H and O–H groups in total. The largest absolute Gasteiger partial charge is 0.395 e. The normalized spacial score (nSPS) is 19.2. The second-order valence-corrected chi connectivity index (χ2v) is 6.02. The molecule has 9 heteroatoms. The Labute approximate surface area is 105 Å². The van der Waals surface area contributed by atoms with Crippen molar-refractivity contribution in [3.05, 3.63) is 6.20 Å². The Morgan fingerprint density at radius 2 is 2.06 bits per heavy atom. The summed E-state index contributed by atoms with van der Waals surface area (Å²) in [7, 11) is -3.56. The Kier molecular flexibility index (Phi) is 3.85. The predicted molar refractivity (Wildman–Crippen MR) is 65.3 cm³/mol. The van der Waals surface area contributed by atoms with Crippen LogP contribution in [0, 0.1) is 0 Å². The van der Waals surface area contributed by atoms with Gasteiger partial charge >= 0.3 is 0 Å². The van der Waals surface area contributed by atoms with Crippen molar-refractivity contribution in [1.29, 1.82) is 0 Å². The first-order valence-corrected chi connectivity index (χ1v) is 7.12. The number of rotatable bonds is 4. The second-order valence-electron chi connectivity index (χ2n) is 4.12. The third-order valence-electron chi connectivity index (χ3n) is 3.00. The van der Waals surface area contributed by atoms with Crippen molar-refractivity contribution in [2.24, 2.45) is 0 Å². The molecule has 0 aromatic carbocycles. The zero-order valence-corrected chi connectivity index (χ0v) is 10.7. The minimum Gasteiger partial charge on any atom is -0.395 e. The van der Waals surface area contributed by atoms with Gasteiger partial charge in [-0.3, -0.25) is 10.00 Å². The van der Waals surface area contributed by atoms with E-state index in [1.54, 1.807) is 0 Å². The molecule has 0 bridgehead atoms. The van der Waals surface area contributed by atoms with Crippen LogP contribution in [0.4, 0.5) is 5.82 Å². The maximum absolute atomic E-state index is 12.3. The molecular weight excluding hydrogens is 258 g/mol. The van der Waals surface area contributed by atoms with Gasteiger partial charge < -0.3 is 10.8 Å². The van der Waals surface area contributed by atoms with E-state index in [1.807, 2.05) is 4.90 Å². The summed E-state index contributed by atoms with van der Waals surface area (Å²) in [5, 5.41) is 14.9. The van der Waals surface area contributed by atoms with Crippen LogP contribution in [0.5, 0.6) is 0 Å². The first-order chi connectivity index (χ1) is 8.55. The molecule has 1 aliphatic heterocycles. The Bertz CT molecular complexity index is 492. The maximum Gasteiger partial charge on any atom is 0.248 e. The van der Waals surface area contributed by atoms with Crippen LogP contribution >= 0.6 is 0 Å². The third kappa shape index (κ3) is 2.48. The van der Waals surface area contributed by atoms with Gasteiger partial charge in [-0.25, -0.2) is 8.42 Å². The van der Waals surface area contributed by atoms with Crippen molar-refractivity contribution in [1.82, 2.24) is 19.4 Å². The van der Waals surface area contributed by atoms with Crippen LogP contribution in [0.1, 0.15) is 0 Å². The molecule has 1 aliphatic rings. The molecule has 18 heavy (non-hydrogen) atoms. The number of anilines is 1. The summed E-state index contributed by atoms with van der Waals surface area (Å²) in [6.45, 7) is 2.66. The van der Waals surface area contributed by atoms with Crippen molar-refractivity contribution in [3.8, 4) is 0 Å². The van der Waals surface area contributed by atoms with Gasteiger partial charge in [0.05, 0.1) is 12.8 Å². The molecule has 1 fully saturated rings. The molecule has 0 saturated carbocycles. The van der Waals surface area contributed by atoms with Crippen molar-refractivity contribution < 1.29 is 13.5 Å². The molecule has 1 saturated heterocycles. The Balaban J connectivity index is 2.08. The molecule has 0 unspecified atom stereocenters. The van der Waals surface area contributed by atoms with Crippen LogP contribution in [-0.2, 0) is 10.0 Å². The standard InChI is InChI=1S/C9H17N5O3S/c10-9-8(7-11-12-9)18(16,17)14-3-1-13(2-4-14)5-6-15/h7,15H,1-6H2,(H3,10,11,12). The minimum absolute atomic E-state index is 0.0260. The molecule has 2 rings (SSSR count). The van der Waals surface area contributed by atoms with Crippen LogP contribution in [0.25, 0.3) is 0 Å². The monoisotopic (exact) mass is 275 g/mol. The second kappa shape index (κ2) is 5.22. The number of nitrogen functional groups attached to an aromatic ring is 1. The van der Waals surface area contributed by atoms with Gasteiger partial charge in [-0.1, -0.05) is 0 Å². The molecule has 8 nitrogen and oxygen atoms in total. The molecule has 0 aliphatic carbocycles. The number of H-pyrrole nitrogens is 1. The minimum atomic E-state index is -3.56. The summed E-state index contributed by atoms with van der Waals surface area (Å²) >= 11 is 0. The number of aliphatic hydroxyl groups is 1. The molecule has 0 atom stereocenters. The summed E-state index contributed by atoms with van der Waals surface area (Å²) in [6, 6.07) is 0. The lowest BCUT2D eigenvalue weighted by atomic mass is 10.4. The van der Waals surface area contributed by atoms with Gasteiger partial charge in [-0.2, -0.15) is 9.40 Å². The molecule has 0 spiro atoms. The highest BCUT2D eigenvalue weighted by Crippen LogP contribution is 2.20. The topological polar surface area (TPSA) is 116 Å². The zero-order valence-electron chi connectivity index (χ0n) is 9.91. The van der Waals surface area contributed by atoms with E-state index in [2.05, 4.69) is 10.2 Å². The number of β-amino-alcohol motifs (C(OH)–C–C–N with tert-alkyl or cyclic N) is 1. The van der Waals surface area contributed by atoms with Gasteiger partial charge in [0.1, 0.15) is 10.7 Å². The number of nitrogens with one attached hydrogen (secondary N) is 1. The lowest BCUT2D eigenvalue weighted by Crippen LogP contribution is -2.49. The number of aromatic amines is 1. The van der Waals surface area contributed by atoms with Crippen molar-refractivity contribution in [2.75, 3.05) is 45.1 Å². The van der Waals surface area contributed by atoms with Crippen molar-refractivity contribution >= 4 is 15.8 Å². The number of aromatic nitrogens is 2. The van der Waals surface area contributed by atoms with Gasteiger partial charge in [0.15, 0.2) is 0 Å². The Morgan fingerprint density at radius 3 is 2.56 bits per heavy atom. The van der Waals surface area contributed by atoms with Gasteiger partial charge in [0.2, 0.25) is 10.0 Å². The molecule has 0 radical (unpaired) electrons. The van der Waals surface area contributed by atoms with E-state index in [1.165, 1.54) is 10.5 Å². The Hall–Kier alpha value is -1.16. The van der Waals surface area contributed by atoms with Crippen LogP contribution in [-0.4, -0.2) is 72.3 Å². The van der Waals surface area contributed by atoms with E-state index in [-0.39, 0.29) is 17.3 Å². The molecule has 2 heterocycles. The molecule has 102 valence electrons. The van der Waals surface area contributed by atoms with Crippen LogP contribution in [0.15, 0.2) is 11.1 Å². The van der Waals surface area contributed by atoms with Crippen molar-refractivity contribution in [2.45, 2.75) is 4.90 Å². The van der Waals surface area contributed by atoms with E-state index in [9.17, 15) is 8.42 Å². The molecule has 1 aromatic heterocycles. The maximum atomic E-state index is 12.3. The first-order valence-electron chi connectivity index (χ1n) is 5.68. The highest BCUT2D eigenvalue weighted by Gasteiger charge is 2.30. The van der Waals surface area contributed by atoms with Gasteiger partial charge in [-0.15, -0.1) is 0 Å². The number of nitrogens with two attached hydrogens (primary N) is 1. The average molecular weight is 275 g/mol. The fourth-order valence-electron chi connectivity index (χ4n) is 1.96. The SMILES string of the molecule is Nc1[nH]ncc1S(=O)(=O)N1CCN(CCO)CC1. The molecular formula is C9H17N5O3S. The number of nitrogens with zero attached hydrogens (tertiary/aromatic N) is 3. The summed E-state index contributed by atoms with van der Waals surface area (Å²) in [5.41, 5.74) is 5.54. The quantitative estimate of drug-likeness (QED) is 0.602. The number of sulfonamides is 1. The van der Waals surface area contributed by atoms with E-state index in [0.717, 1.165) is 0 Å². The summed E-state index contributed by atoms with van der Waals surface area (Å²) in [4.78, 5) is 2.04. The van der Waals surface area contributed by atoms with E-state index in [4.69, 9.17) is 10.8 Å². The zero-order chi connectivity index (χ0) is 13.2. The fourth-order valence-corrected chi connectivity index (χ4v) is 3.40. The number of aliphatic hydroxyl groups excluding tert-OH is 1. The molecule has 0 amide bonds. The summed E-state index contributed by atoms with van der Waals surface area (Å²) in [5.74, 6) is 0.0628. The van der Waals surface area contributed by atoms with E-state index >= 15 is 0 Å². The Morgan fingerprint density at radius 1 is 1.39 bits per heavy atom. The third-order valence-corrected chi connectivity index (χ3v) is 4.92. The first kappa shape index (κ1) is 13.3. The summed E-state index contributed by atoms with van der Waals surface area (Å²) < 4.78 is 25.9. The van der Waals surface area contributed by atoms with E-state index in [0.29, 0.717) is 32.7 Å². The lowest BCUT2D eigenvalue weighted by molar-refractivity contribution is 0.151. The van der Waals surface area contributed by atoms with Crippen molar-refractivity contribution in [3.63, 3.8) is 0 Å². The summed E-state index contributed by atoms with van der Waals surface area (Å²) in [6.07, 6.45) is 1.23. The average Bonchev–Trinajstić information content (AvgIpc) is 2.77. The predicted octanol–water partition coefficient (Wildman–Crippen LogP) is -1.71. The number of hydrogen-bond donors (Lipinski definition) is 3. The van der Waals surface area contributed by atoms with Gasteiger partial charge in [0.25, 0.3) is 0 Å². The van der Waals surface area contributed by atoms with Gasteiger partial charge in [0, 0.05) is 32.7 Å². The number of hydrogen-bond acceptors (Lipinski definition) is 6. The lowest BCUT2D eigenvalue weighted by Gasteiger charge is -2.33. The number of piperazine rings is 1. The van der Waals surface area contributed by atoms with Crippen LogP contribution in [0.3, 0.4) is 0 Å². The fraction of sp³-hybridized carbons (Fsp3) is 0.667.